The molecule has 0 unspecified atom stereocenters. The highest BCUT2D eigenvalue weighted by atomic mass is 32.2. The van der Waals surface area contributed by atoms with Crippen LogP contribution in [0.4, 0.5) is 4.39 Å². The van der Waals surface area contributed by atoms with E-state index in [9.17, 15) is 12.8 Å². The Balaban J connectivity index is 2.16. The first kappa shape index (κ1) is 17.4. The Labute approximate surface area is 132 Å². The first-order valence-electron chi connectivity index (χ1n) is 7.84. The summed E-state index contributed by atoms with van der Waals surface area (Å²) in [5.41, 5.74) is 0.958. The standard InChI is InChI=1S/C16H25FN2O2S/c1-4-18-11-14-5-7-19(8-6-14)22(20,21)16-12(2)9-15(17)10-13(16)3/h9-10,14,18H,4-8,11H2,1-3H3. The van der Waals surface area contributed by atoms with E-state index >= 15 is 0 Å². The molecule has 1 fully saturated rings. The Kier molecular flexibility index (Phi) is 5.58. The maximum Gasteiger partial charge on any atom is 0.243 e. The predicted molar refractivity (Wildman–Crippen MR) is 85.9 cm³/mol. The number of nitrogens with one attached hydrogen (secondary N) is 1. The molecule has 2 rings (SSSR count). The van der Waals surface area contributed by atoms with Gasteiger partial charge in [-0.2, -0.15) is 4.31 Å². The third-order valence-corrected chi connectivity index (χ3v) is 6.48. The number of nitrogens with zero attached hydrogens (tertiary/aromatic N) is 1. The van der Waals surface area contributed by atoms with Crippen molar-refractivity contribution in [3.8, 4) is 0 Å². The average molecular weight is 328 g/mol. The van der Waals surface area contributed by atoms with Crippen molar-refractivity contribution < 1.29 is 12.8 Å². The zero-order valence-corrected chi connectivity index (χ0v) is 14.3. The molecule has 1 heterocycles. The largest absolute Gasteiger partial charge is 0.317 e. The molecule has 0 spiro atoms. The molecular weight excluding hydrogens is 303 g/mol. The summed E-state index contributed by atoms with van der Waals surface area (Å²) in [7, 11) is -3.54. The first-order chi connectivity index (χ1) is 10.4. The summed E-state index contributed by atoms with van der Waals surface area (Å²) in [6, 6.07) is 2.58. The van der Waals surface area contributed by atoms with E-state index < -0.39 is 15.8 Å². The van der Waals surface area contributed by atoms with E-state index in [1.165, 1.54) is 12.1 Å². The molecule has 0 amide bonds. The molecule has 124 valence electrons. The van der Waals surface area contributed by atoms with Crippen molar-refractivity contribution >= 4 is 10.0 Å². The molecule has 0 atom stereocenters. The van der Waals surface area contributed by atoms with Crippen LogP contribution in [0.5, 0.6) is 0 Å². The van der Waals surface area contributed by atoms with Gasteiger partial charge in [0.05, 0.1) is 4.90 Å². The van der Waals surface area contributed by atoms with Crippen molar-refractivity contribution in [1.82, 2.24) is 9.62 Å². The van der Waals surface area contributed by atoms with Crippen molar-refractivity contribution in [3.63, 3.8) is 0 Å². The molecule has 1 N–H and O–H groups in total. The van der Waals surface area contributed by atoms with Crippen LogP contribution < -0.4 is 5.32 Å². The van der Waals surface area contributed by atoms with E-state index in [4.69, 9.17) is 0 Å². The van der Waals surface area contributed by atoms with Crippen molar-refractivity contribution in [2.24, 2.45) is 5.92 Å². The number of piperidine rings is 1. The van der Waals surface area contributed by atoms with E-state index in [1.54, 1.807) is 18.2 Å². The topological polar surface area (TPSA) is 49.4 Å². The molecular formula is C16H25FN2O2S. The maximum absolute atomic E-state index is 13.4. The van der Waals surface area contributed by atoms with Gasteiger partial charge in [-0.25, -0.2) is 12.8 Å². The third-order valence-electron chi connectivity index (χ3n) is 4.28. The Morgan fingerprint density at radius 2 is 1.77 bits per heavy atom. The first-order valence-corrected chi connectivity index (χ1v) is 9.28. The zero-order valence-electron chi connectivity index (χ0n) is 13.5. The van der Waals surface area contributed by atoms with E-state index in [0.29, 0.717) is 30.1 Å². The number of hydrogen-bond donors (Lipinski definition) is 1. The molecule has 1 aromatic carbocycles. The van der Waals surface area contributed by atoms with Crippen LogP contribution in [-0.4, -0.2) is 38.9 Å². The molecule has 1 aliphatic rings. The van der Waals surface area contributed by atoms with Gasteiger partial charge in [-0.05, 0) is 69.0 Å². The number of benzene rings is 1. The maximum atomic E-state index is 13.4. The van der Waals surface area contributed by atoms with Gasteiger partial charge >= 0.3 is 0 Å². The highest BCUT2D eigenvalue weighted by Gasteiger charge is 2.31. The summed E-state index contributed by atoms with van der Waals surface area (Å²) >= 11 is 0. The fourth-order valence-electron chi connectivity index (χ4n) is 3.14. The molecule has 0 saturated carbocycles. The SMILES string of the molecule is CCNCC1CCN(S(=O)(=O)c2c(C)cc(F)cc2C)CC1. The minimum Gasteiger partial charge on any atom is -0.317 e. The monoisotopic (exact) mass is 328 g/mol. The highest BCUT2D eigenvalue weighted by molar-refractivity contribution is 7.89. The molecule has 1 saturated heterocycles. The molecule has 6 heteroatoms. The summed E-state index contributed by atoms with van der Waals surface area (Å²) in [6.07, 6.45) is 1.73. The molecule has 1 aromatic rings. The highest BCUT2D eigenvalue weighted by Crippen LogP contribution is 2.28. The fraction of sp³-hybridized carbons (Fsp3) is 0.625. The number of sulfonamides is 1. The van der Waals surface area contributed by atoms with Gasteiger partial charge in [0.25, 0.3) is 0 Å². The summed E-state index contributed by atoms with van der Waals surface area (Å²) < 4.78 is 40.6. The summed E-state index contributed by atoms with van der Waals surface area (Å²) in [4.78, 5) is 0.263. The van der Waals surface area contributed by atoms with E-state index in [1.807, 2.05) is 0 Å². The van der Waals surface area contributed by atoms with E-state index in [-0.39, 0.29) is 4.90 Å². The Hall–Kier alpha value is -0.980. The van der Waals surface area contributed by atoms with Crippen LogP contribution in [0.2, 0.25) is 0 Å². The number of aryl methyl sites for hydroxylation is 2. The Morgan fingerprint density at radius 1 is 1.23 bits per heavy atom. The van der Waals surface area contributed by atoms with E-state index in [2.05, 4.69) is 12.2 Å². The van der Waals surface area contributed by atoms with Crippen LogP contribution in [0.1, 0.15) is 30.9 Å². The molecule has 4 nitrogen and oxygen atoms in total. The van der Waals surface area contributed by atoms with Crippen LogP contribution in [0, 0.1) is 25.6 Å². The van der Waals surface area contributed by atoms with Gasteiger partial charge in [-0.3, -0.25) is 0 Å². The minimum absolute atomic E-state index is 0.263. The van der Waals surface area contributed by atoms with Crippen molar-refractivity contribution in [1.29, 1.82) is 0 Å². The lowest BCUT2D eigenvalue weighted by atomic mass is 9.98. The molecule has 0 bridgehead atoms. The Morgan fingerprint density at radius 3 is 2.27 bits per heavy atom. The van der Waals surface area contributed by atoms with Crippen LogP contribution in [-0.2, 0) is 10.0 Å². The van der Waals surface area contributed by atoms with Gasteiger partial charge in [0.2, 0.25) is 10.0 Å². The molecule has 1 aliphatic heterocycles. The van der Waals surface area contributed by atoms with Gasteiger partial charge in [-0.15, -0.1) is 0 Å². The lowest BCUT2D eigenvalue weighted by Crippen LogP contribution is -2.41. The molecule has 0 aromatic heterocycles. The van der Waals surface area contributed by atoms with Crippen molar-refractivity contribution in [2.75, 3.05) is 26.2 Å². The van der Waals surface area contributed by atoms with Crippen LogP contribution in [0.15, 0.2) is 17.0 Å². The number of hydrogen-bond acceptors (Lipinski definition) is 3. The summed E-state index contributed by atoms with van der Waals surface area (Å²) in [5.74, 6) is 0.139. The molecule has 0 radical (unpaired) electrons. The van der Waals surface area contributed by atoms with E-state index in [0.717, 1.165) is 25.9 Å². The number of halogens is 1. The minimum atomic E-state index is -3.54. The lowest BCUT2D eigenvalue weighted by molar-refractivity contribution is 0.268. The van der Waals surface area contributed by atoms with Gasteiger partial charge in [0, 0.05) is 13.1 Å². The fourth-order valence-corrected chi connectivity index (χ4v) is 5.02. The lowest BCUT2D eigenvalue weighted by Gasteiger charge is -2.32. The second-order valence-electron chi connectivity index (χ2n) is 6.02. The van der Waals surface area contributed by atoms with Crippen LogP contribution in [0.3, 0.4) is 0 Å². The van der Waals surface area contributed by atoms with Gasteiger partial charge in [0.15, 0.2) is 0 Å². The van der Waals surface area contributed by atoms with Gasteiger partial charge < -0.3 is 5.32 Å². The van der Waals surface area contributed by atoms with Crippen molar-refractivity contribution in [2.45, 2.75) is 38.5 Å². The predicted octanol–water partition coefficient (Wildman–Crippen LogP) is 2.45. The van der Waals surface area contributed by atoms with Gasteiger partial charge in [-0.1, -0.05) is 6.92 Å². The number of rotatable bonds is 5. The van der Waals surface area contributed by atoms with Crippen LogP contribution in [0.25, 0.3) is 0 Å². The summed E-state index contributed by atoms with van der Waals surface area (Å²) in [5, 5.41) is 3.32. The van der Waals surface area contributed by atoms with Gasteiger partial charge in [0.1, 0.15) is 5.82 Å². The molecule has 0 aliphatic carbocycles. The van der Waals surface area contributed by atoms with Crippen molar-refractivity contribution in [3.05, 3.63) is 29.1 Å². The second-order valence-corrected chi connectivity index (χ2v) is 7.90. The quantitative estimate of drug-likeness (QED) is 0.903. The molecule has 22 heavy (non-hydrogen) atoms. The summed E-state index contributed by atoms with van der Waals surface area (Å²) in [6.45, 7) is 8.33. The second kappa shape index (κ2) is 7.06. The zero-order chi connectivity index (χ0) is 16.3. The normalized spacial score (nSPS) is 17.8. The average Bonchev–Trinajstić information content (AvgIpc) is 2.44. The Bertz CT molecular complexity index is 600. The third kappa shape index (κ3) is 3.67. The smallest absolute Gasteiger partial charge is 0.243 e. The van der Waals surface area contributed by atoms with Crippen LogP contribution >= 0.6 is 0 Å².